The van der Waals surface area contributed by atoms with Crippen molar-refractivity contribution in [1.82, 2.24) is 4.90 Å². The summed E-state index contributed by atoms with van der Waals surface area (Å²) in [5.74, 6) is 0.374. The first-order valence-corrected chi connectivity index (χ1v) is 9.36. The molecule has 0 radical (unpaired) electrons. The maximum absolute atomic E-state index is 12.8. The first-order chi connectivity index (χ1) is 12.0. The molecule has 2 aromatic rings. The third kappa shape index (κ3) is 3.71. The minimum atomic E-state index is -0.464. The molecule has 4 nitrogen and oxygen atoms in total. The molecule has 0 aliphatic carbocycles. The van der Waals surface area contributed by atoms with E-state index in [1.807, 2.05) is 62.4 Å². The highest BCUT2D eigenvalue weighted by atomic mass is 32.2. The minimum absolute atomic E-state index is 0.0842. The SMILES string of the molecule is CC(=O)N1C(C(=O)Nc2ccc(C)c(C)c2)CSC1c1ccccc1. The summed E-state index contributed by atoms with van der Waals surface area (Å²) < 4.78 is 0. The van der Waals surface area contributed by atoms with Crippen LogP contribution in [0.5, 0.6) is 0 Å². The molecule has 1 saturated heterocycles. The number of carbonyl (C=O) groups is 2. The van der Waals surface area contributed by atoms with Gasteiger partial charge in [0, 0.05) is 18.4 Å². The lowest BCUT2D eigenvalue weighted by Gasteiger charge is -2.28. The zero-order chi connectivity index (χ0) is 18.0. The van der Waals surface area contributed by atoms with E-state index in [-0.39, 0.29) is 17.2 Å². The molecule has 1 heterocycles. The third-order valence-electron chi connectivity index (χ3n) is 4.53. The van der Waals surface area contributed by atoms with Gasteiger partial charge in [-0.1, -0.05) is 36.4 Å². The molecule has 0 saturated carbocycles. The Kier molecular flexibility index (Phi) is 5.13. The van der Waals surface area contributed by atoms with Crippen molar-refractivity contribution in [2.45, 2.75) is 32.2 Å². The lowest BCUT2D eigenvalue weighted by atomic mass is 10.1. The van der Waals surface area contributed by atoms with Gasteiger partial charge in [0.25, 0.3) is 0 Å². The summed E-state index contributed by atoms with van der Waals surface area (Å²) >= 11 is 1.63. The Bertz CT molecular complexity index is 792. The number of thioether (sulfide) groups is 1. The second-order valence-electron chi connectivity index (χ2n) is 6.33. The van der Waals surface area contributed by atoms with E-state index in [2.05, 4.69) is 5.32 Å². The van der Waals surface area contributed by atoms with Gasteiger partial charge in [-0.3, -0.25) is 9.59 Å². The minimum Gasteiger partial charge on any atom is -0.324 e. The highest BCUT2D eigenvalue weighted by Crippen LogP contribution is 2.41. The Morgan fingerprint density at radius 2 is 1.80 bits per heavy atom. The summed E-state index contributed by atoms with van der Waals surface area (Å²) in [7, 11) is 0. The Hall–Kier alpha value is -2.27. The van der Waals surface area contributed by atoms with E-state index in [4.69, 9.17) is 0 Å². The number of rotatable bonds is 3. The number of anilines is 1. The molecule has 2 atom stereocenters. The first kappa shape index (κ1) is 17.5. The summed E-state index contributed by atoms with van der Waals surface area (Å²) in [6.45, 7) is 5.58. The van der Waals surface area contributed by atoms with Crippen LogP contribution in [0.2, 0.25) is 0 Å². The van der Waals surface area contributed by atoms with Crippen LogP contribution < -0.4 is 5.32 Å². The molecule has 3 rings (SSSR count). The van der Waals surface area contributed by atoms with Crippen molar-refractivity contribution in [3.05, 3.63) is 65.2 Å². The van der Waals surface area contributed by atoms with E-state index in [0.29, 0.717) is 5.75 Å². The molecule has 130 valence electrons. The van der Waals surface area contributed by atoms with Gasteiger partial charge in [-0.15, -0.1) is 11.8 Å². The van der Waals surface area contributed by atoms with Crippen molar-refractivity contribution in [1.29, 1.82) is 0 Å². The van der Waals surface area contributed by atoms with E-state index in [1.54, 1.807) is 16.7 Å². The maximum Gasteiger partial charge on any atom is 0.248 e. The highest BCUT2D eigenvalue weighted by Gasteiger charge is 2.40. The maximum atomic E-state index is 12.8. The second-order valence-corrected chi connectivity index (χ2v) is 7.44. The van der Waals surface area contributed by atoms with Gasteiger partial charge in [-0.05, 0) is 42.7 Å². The Morgan fingerprint density at radius 3 is 2.44 bits per heavy atom. The summed E-state index contributed by atoms with van der Waals surface area (Å²) in [6.07, 6.45) is 0. The number of hydrogen-bond donors (Lipinski definition) is 1. The van der Waals surface area contributed by atoms with Gasteiger partial charge in [0.2, 0.25) is 11.8 Å². The van der Waals surface area contributed by atoms with Crippen LogP contribution in [0.4, 0.5) is 5.69 Å². The number of benzene rings is 2. The van der Waals surface area contributed by atoms with Gasteiger partial charge in [-0.25, -0.2) is 0 Å². The fraction of sp³-hybridized carbons (Fsp3) is 0.300. The largest absolute Gasteiger partial charge is 0.324 e. The normalized spacial score (nSPS) is 19.7. The quantitative estimate of drug-likeness (QED) is 0.909. The van der Waals surface area contributed by atoms with Crippen molar-refractivity contribution >= 4 is 29.3 Å². The molecule has 2 amide bonds. The predicted molar refractivity (Wildman–Crippen MR) is 102 cm³/mol. The van der Waals surface area contributed by atoms with E-state index in [0.717, 1.165) is 16.8 Å². The number of nitrogens with zero attached hydrogens (tertiary/aromatic N) is 1. The Morgan fingerprint density at radius 1 is 1.08 bits per heavy atom. The number of nitrogens with one attached hydrogen (secondary N) is 1. The van der Waals surface area contributed by atoms with Crippen LogP contribution in [0.15, 0.2) is 48.5 Å². The predicted octanol–water partition coefficient (Wildman–Crippen LogP) is 3.90. The van der Waals surface area contributed by atoms with Gasteiger partial charge < -0.3 is 10.2 Å². The number of amides is 2. The van der Waals surface area contributed by atoms with Gasteiger partial charge in [-0.2, -0.15) is 0 Å². The van der Waals surface area contributed by atoms with Crippen LogP contribution >= 0.6 is 11.8 Å². The molecule has 25 heavy (non-hydrogen) atoms. The standard InChI is InChI=1S/C20H22N2O2S/c1-13-9-10-17(11-14(13)2)21-19(24)18-12-25-20(22(18)15(3)23)16-7-5-4-6-8-16/h4-11,18,20H,12H2,1-3H3,(H,21,24). The lowest BCUT2D eigenvalue weighted by molar-refractivity contribution is -0.136. The molecule has 1 aliphatic heterocycles. The van der Waals surface area contributed by atoms with Crippen molar-refractivity contribution in [3.8, 4) is 0 Å². The first-order valence-electron chi connectivity index (χ1n) is 8.31. The molecule has 1 aliphatic rings. The van der Waals surface area contributed by atoms with Crippen LogP contribution in [-0.4, -0.2) is 28.5 Å². The Balaban J connectivity index is 1.80. The van der Waals surface area contributed by atoms with Crippen LogP contribution in [-0.2, 0) is 9.59 Å². The third-order valence-corrected chi connectivity index (χ3v) is 5.85. The van der Waals surface area contributed by atoms with Crippen LogP contribution in [0, 0.1) is 13.8 Å². The van der Waals surface area contributed by atoms with E-state index in [1.165, 1.54) is 12.5 Å². The summed E-state index contributed by atoms with van der Waals surface area (Å²) in [5, 5.41) is 2.85. The summed E-state index contributed by atoms with van der Waals surface area (Å²) in [4.78, 5) is 26.7. The van der Waals surface area contributed by atoms with Gasteiger partial charge >= 0.3 is 0 Å². The number of carbonyl (C=O) groups excluding carboxylic acids is 2. The summed E-state index contributed by atoms with van der Waals surface area (Å²) in [5.41, 5.74) is 4.13. The molecule has 2 aromatic carbocycles. The zero-order valence-electron chi connectivity index (χ0n) is 14.7. The van der Waals surface area contributed by atoms with E-state index < -0.39 is 6.04 Å². The van der Waals surface area contributed by atoms with Crippen LogP contribution in [0.3, 0.4) is 0 Å². The molecule has 1 fully saturated rings. The monoisotopic (exact) mass is 354 g/mol. The average Bonchev–Trinajstić information content (AvgIpc) is 3.04. The molecule has 5 heteroatoms. The van der Waals surface area contributed by atoms with E-state index in [9.17, 15) is 9.59 Å². The zero-order valence-corrected chi connectivity index (χ0v) is 15.5. The van der Waals surface area contributed by atoms with Crippen molar-refractivity contribution in [3.63, 3.8) is 0 Å². The van der Waals surface area contributed by atoms with Gasteiger partial charge in [0.1, 0.15) is 11.4 Å². The fourth-order valence-electron chi connectivity index (χ4n) is 3.01. The van der Waals surface area contributed by atoms with Gasteiger partial charge in [0.05, 0.1) is 0 Å². The fourth-order valence-corrected chi connectivity index (χ4v) is 4.49. The van der Waals surface area contributed by atoms with Gasteiger partial charge in [0.15, 0.2) is 0 Å². The second kappa shape index (κ2) is 7.31. The van der Waals surface area contributed by atoms with Crippen LogP contribution in [0.25, 0.3) is 0 Å². The molecule has 0 aromatic heterocycles. The van der Waals surface area contributed by atoms with Crippen molar-refractivity contribution in [2.24, 2.45) is 0 Å². The summed E-state index contributed by atoms with van der Waals surface area (Å²) in [6, 6.07) is 15.2. The lowest BCUT2D eigenvalue weighted by Crippen LogP contribution is -2.44. The smallest absolute Gasteiger partial charge is 0.248 e. The van der Waals surface area contributed by atoms with Crippen LogP contribution in [0.1, 0.15) is 29.0 Å². The molecule has 2 unspecified atom stereocenters. The highest BCUT2D eigenvalue weighted by molar-refractivity contribution is 7.99. The number of hydrogen-bond acceptors (Lipinski definition) is 3. The molecule has 0 spiro atoms. The topological polar surface area (TPSA) is 49.4 Å². The van der Waals surface area contributed by atoms with Crippen molar-refractivity contribution < 1.29 is 9.59 Å². The molecular formula is C20H22N2O2S. The van der Waals surface area contributed by atoms with E-state index >= 15 is 0 Å². The average molecular weight is 354 g/mol. The molecule has 0 bridgehead atoms. The van der Waals surface area contributed by atoms with Crippen molar-refractivity contribution in [2.75, 3.05) is 11.1 Å². The Labute approximate surface area is 152 Å². The number of aryl methyl sites for hydroxylation is 2. The molecular weight excluding hydrogens is 332 g/mol. The molecule has 1 N–H and O–H groups in total.